The number of hydrogen-bond donors (Lipinski definition) is 1. The Morgan fingerprint density at radius 2 is 1.93 bits per heavy atom. The van der Waals surface area contributed by atoms with Crippen LogP contribution in [0.2, 0.25) is 0 Å². The van der Waals surface area contributed by atoms with Crippen LogP contribution in [0.4, 0.5) is 0 Å². The second-order valence-corrected chi connectivity index (χ2v) is 7.93. The monoisotopic (exact) mass is 361 g/mol. The van der Waals surface area contributed by atoms with Crippen molar-refractivity contribution in [3.05, 3.63) is 71.0 Å². The van der Waals surface area contributed by atoms with Gasteiger partial charge in [0.2, 0.25) is 0 Å². The highest BCUT2D eigenvalue weighted by Crippen LogP contribution is 2.46. The average molecular weight is 361 g/mol. The number of nitrogens with zero attached hydrogens (tertiary/aromatic N) is 1. The molecule has 1 spiro atoms. The zero-order valence-electron chi connectivity index (χ0n) is 15.4. The molecule has 1 aliphatic carbocycles. The maximum atomic E-state index is 13.0. The number of likely N-dealkylation sites (tertiary alicyclic amines) is 1. The minimum atomic E-state index is -0.360. The predicted molar refractivity (Wildman–Crippen MR) is 104 cm³/mol. The Morgan fingerprint density at radius 1 is 1.15 bits per heavy atom. The summed E-state index contributed by atoms with van der Waals surface area (Å²) in [6.07, 6.45) is 1.93. The summed E-state index contributed by atoms with van der Waals surface area (Å²) in [4.78, 5) is 14.8. The van der Waals surface area contributed by atoms with Crippen LogP contribution in [0.5, 0.6) is 0 Å². The number of para-hydroxylation sites is 1. The highest BCUT2D eigenvalue weighted by Gasteiger charge is 2.48. The first-order valence-electron chi connectivity index (χ1n) is 9.63. The first-order valence-corrected chi connectivity index (χ1v) is 9.63. The van der Waals surface area contributed by atoms with E-state index in [0.29, 0.717) is 25.3 Å². The Balaban J connectivity index is 1.39. The number of amides is 1. The van der Waals surface area contributed by atoms with Crippen molar-refractivity contribution >= 4 is 16.9 Å². The second kappa shape index (κ2) is 5.96. The van der Waals surface area contributed by atoms with Crippen molar-refractivity contribution in [1.29, 1.82) is 0 Å². The summed E-state index contributed by atoms with van der Waals surface area (Å²) in [5, 5.41) is 11.7. The molecule has 138 valence electrons. The summed E-state index contributed by atoms with van der Waals surface area (Å²) in [5.41, 5.74) is 4.13. The van der Waals surface area contributed by atoms with Gasteiger partial charge < -0.3 is 14.4 Å². The van der Waals surface area contributed by atoms with Gasteiger partial charge in [-0.05, 0) is 48.9 Å². The Morgan fingerprint density at radius 3 is 2.70 bits per heavy atom. The summed E-state index contributed by atoms with van der Waals surface area (Å²) in [6.45, 7) is 3.27. The fourth-order valence-corrected chi connectivity index (χ4v) is 4.95. The van der Waals surface area contributed by atoms with Gasteiger partial charge in [-0.25, -0.2) is 0 Å². The number of piperidine rings is 1. The lowest BCUT2D eigenvalue weighted by Gasteiger charge is -2.42. The smallest absolute Gasteiger partial charge is 0.289 e. The molecule has 0 saturated carbocycles. The summed E-state index contributed by atoms with van der Waals surface area (Å²) in [7, 11) is 0. The minimum Gasteiger partial charge on any atom is -0.451 e. The van der Waals surface area contributed by atoms with Crippen molar-refractivity contribution in [1.82, 2.24) is 4.90 Å². The lowest BCUT2D eigenvalue weighted by atomic mass is 9.72. The van der Waals surface area contributed by atoms with Gasteiger partial charge in [0, 0.05) is 23.9 Å². The van der Waals surface area contributed by atoms with E-state index >= 15 is 0 Å². The lowest BCUT2D eigenvalue weighted by Crippen LogP contribution is -2.49. The summed E-state index contributed by atoms with van der Waals surface area (Å²) in [6, 6.07) is 16.1. The van der Waals surface area contributed by atoms with Crippen molar-refractivity contribution in [2.45, 2.75) is 37.7 Å². The van der Waals surface area contributed by atoms with E-state index in [-0.39, 0.29) is 17.4 Å². The van der Waals surface area contributed by atoms with Crippen LogP contribution in [0.15, 0.2) is 52.9 Å². The average Bonchev–Trinajstić information content (AvgIpc) is 3.23. The number of carbonyl (C=O) groups excluding carboxylic acids is 1. The van der Waals surface area contributed by atoms with Gasteiger partial charge in [0.05, 0.1) is 6.10 Å². The Labute approximate surface area is 158 Å². The van der Waals surface area contributed by atoms with Gasteiger partial charge in [-0.2, -0.15) is 0 Å². The fraction of sp³-hybridized carbons (Fsp3) is 0.348. The molecule has 1 unspecified atom stereocenters. The van der Waals surface area contributed by atoms with Gasteiger partial charge in [-0.3, -0.25) is 4.79 Å². The molecule has 27 heavy (non-hydrogen) atoms. The summed E-state index contributed by atoms with van der Waals surface area (Å²) in [5.74, 6) is 0.351. The first kappa shape index (κ1) is 16.6. The molecular formula is C23H23NO3. The number of benzene rings is 2. The zero-order valence-corrected chi connectivity index (χ0v) is 15.4. The molecule has 2 aromatic carbocycles. The fourth-order valence-electron chi connectivity index (χ4n) is 4.95. The topological polar surface area (TPSA) is 53.7 Å². The molecule has 2 aliphatic rings. The van der Waals surface area contributed by atoms with Crippen molar-refractivity contribution < 1.29 is 14.3 Å². The lowest BCUT2D eigenvalue weighted by molar-refractivity contribution is 0.0350. The van der Waals surface area contributed by atoms with E-state index in [4.69, 9.17) is 4.42 Å². The van der Waals surface area contributed by atoms with Gasteiger partial charge in [-0.15, -0.1) is 0 Å². The van der Waals surface area contributed by atoms with Gasteiger partial charge in [0.25, 0.3) is 5.91 Å². The minimum absolute atomic E-state index is 0.0544. The van der Waals surface area contributed by atoms with Crippen LogP contribution < -0.4 is 0 Å². The van der Waals surface area contributed by atoms with Crippen LogP contribution in [0.1, 0.15) is 40.1 Å². The van der Waals surface area contributed by atoms with Gasteiger partial charge in [-0.1, -0.05) is 42.5 Å². The normalized spacial score (nSPS) is 21.0. The van der Waals surface area contributed by atoms with Crippen LogP contribution in [-0.2, 0) is 11.8 Å². The van der Waals surface area contributed by atoms with E-state index < -0.39 is 0 Å². The van der Waals surface area contributed by atoms with Crippen LogP contribution in [0, 0.1) is 6.92 Å². The number of fused-ring (bicyclic) bond motifs is 3. The maximum absolute atomic E-state index is 13.0. The molecule has 1 N–H and O–H groups in total. The van der Waals surface area contributed by atoms with Crippen molar-refractivity contribution in [2.75, 3.05) is 13.1 Å². The third-order valence-corrected chi connectivity index (χ3v) is 6.50. The Kier molecular flexibility index (Phi) is 3.66. The largest absolute Gasteiger partial charge is 0.451 e. The highest BCUT2D eigenvalue weighted by atomic mass is 16.3. The third-order valence-electron chi connectivity index (χ3n) is 6.50. The van der Waals surface area contributed by atoms with Gasteiger partial charge >= 0.3 is 0 Å². The summed E-state index contributed by atoms with van der Waals surface area (Å²) >= 11 is 0. The van der Waals surface area contributed by atoms with Gasteiger partial charge in [0.1, 0.15) is 5.58 Å². The first-order chi connectivity index (χ1) is 13.1. The van der Waals surface area contributed by atoms with Crippen LogP contribution in [-0.4, -0.2) is 35.1 Å². The molecule has 5 rings (SSSR count). The maximum Gasteiger partial charge on any atom is 0.289 e. The standard InChI is InChI=1S/C23H23NO3/c1-15-5-4-7-17-13-19(27-21(15)17)22(26)24-11-9-23(10-12-24)18-8-3-2-6-16(18)14-20(23)25/h2-8,13,20,25H,9-12,14H2,1H3. The molecule has 1 saturated heterocycles. The van der Waals surface area contributed by atoms with Crippen LogP contribution >= 0.6 is 0 Å². The van der Waals surface area contributed by atoms with E-state index in [0.717, 1.165) is 29.4 Å². The molecule has 3 aromatic rings. The molecule has 4 heteroatoms. The molecule has 1 atom stereocenters. The second-order valence-electron chi connectivity index (χ2n) is 7.93. The number of hydrogen-bond acceptors (Lipinski definition) is 3. The quantitative estimate of drug-likeness (QED) is 0.717. The van der Waals surface area contributed by atoms with Crippen molar-refractivity contribution in [3.8, 4) is 0 Å². The molecular weight excluding hydrogens is 338 g/mol. The summed E-state index contributed by atoms with van der Waals surface area (Å²) < 4.78 is 5.87. The van der Waals surface area contributed by atoms with E-state index in [9.17, 15) is 9.90 Å². The SMILES string of the molecule is Cc1cccc2cc(C(=O)N3CCC4(CC3)c3ccccc3CC4O)oc12. The molecule has 2 heterocycles. The molecule has 1 amide bonds. The number of aryl methyl sites for hydroxylation is 1. The molecule has 4 nitrogen and oxygen atoms in total. The Bertz CT molecular complexity index is 1030. The molecule has 0 bridgehead atoms. The van der Waals surface area contributed by atoms with E-state index in [1.54, 1.807) is 0 Å². The van der Waals surface area contributed by atoms with E-state index in [2.05, 4.69) is 12.1 Å². The van der Waals surface area contributed by atoms with E-state index in [1.807, 2.05) is 48.2 Å². The number of furan rings is 1. The number of aliphatic hydroxyl groups excluding tert-OH is 1. The molecule has 1 fully saturated rings. The molecule has 1 aliphatic heterocycles. The highest BCUT2D eigenvalue weighted by molar-refractivity contribution is 5.96. The van der Waals surface area contributed by atoms with E-state index in [1.165, 1.54) is 11.1 Å². The van der Waals surface area contributed by atoms with Gasteiger partial charge in [0.15, 0.2) is 5.76 Å². The molecule has 0 radical (unpaired) electrons. The number of aliphatic hydroxyl groups is 1. The zero-order chi connectivity index (χ0) is 18.6. The predicted octanol–water partition coefficient (Wildman–Crippen LogP) is 3.83. The van der Waals surface area contributed by atoms with Crippen molar-refractivity contribution in [3.63, 3.8) is 0 Å². The Hall–Kier alpha value is -2.59. The van der Waals surface area contributed by atoms with Crippen LogP contribution in [0.25, 0.3) is 11.0 Å². The van der Waals surface area contributed by atoms with Crippen molar-refractivity contribution in [2.24, 2.45) is 0 Å². The third kappa shape index (κ3) is 2.43. The molecule has 1 aromatic heterocycles. The van der Waals surface area contributed by atoms with Crippen LogP contribution in [0.3, 0.4) is 0 Å². The number of rotatable bonds is 1. The number of carbonyl (C=O) groups is 1.